The maximum Gasteiger partial charge on any atom is 0.240 e. The molecule has 29 heavy (non-hydrogen) atoms. The molecule has 9 heteroatoms. The van der Waals surface area contributed by atoms with Crippen LogP contribution in [0.15, 0.2) is 35.6 Å². The molecule has 0 saturated heterocycles. The predicted molar refractivity (Wildman–Crippen MR) is 111 cm³/mol. The van der Waals surface area contributed by atoms with E-state index in [0.29, 0.717) is 22.3 Å². The number of ether oxygens (including phenoxy) is 1. The number of aliphatic hydroxyl groups excluding tert-OH is 1. The number of hydrogen-bond donors (Lipinski definition) is 3. The second kappa shape index (κ2) is 10.3. The number of hydrogen-bond acceptors (Lipinski definition) is 6. The summed E-state index contributed by atoms with van der Waals surface area (Å²) in [6, 6.07) is 7.30. The maximum atomic E-state index is 12.4. The molecule has 1 aliphatic rings. The van der Waals surface area contributed by atoms with Gasteiger partial charge in [-0.1, -0.05) is 24.6 Å². The summed E-state index contributed by atoms with van der Waals surface area (Å²) in [7, 11) is 1.58. The number of benzene rings is 1. The zero-order valence-electron chi connectivity index (χ0n) is 16.4. The summed E-state index contributed by atoms with van der Waals surface area (Å²) >= 11 is 1.23. The first kappa shape index (κ1) is 21.2. The van der Waals surface area contributed by atoms with E-state index in [1.54, 1.807) is 35.9 Å². The Bertz CT molecular complexity index is 832. The lowest BCUT2D eigenvalue weighted by atomic mass is 10.2. The van der Waals surface area contributed by atoms with Gasteiger partial charge in [0, 0.05) is 11.7 Å². The van der Waals surface area contributed by atoms with Crippen LogP contribution in [-0.2, 0) is 22.7 Å². The van der Waals surface area contributed by atoms with Gasteiger partial charge in [-0.15, -0.1) is 0 Å². The first-order valence-electron chi connectivity index (χ1n) is 9.60. The van der Waals surface area contributed by atoms with Gasteiger partial charge in [-0.3, -0.25) is 9.59 Å². The van der Waals surface area contributed by atoms with Gasteiger partial charge in [0.05, 0.1) is 31.4 Å². The number of thioether (sulfide) groups is 1. The first-order chi connectivity index (χ1) is 14.1. The van der Waals surface area contributed by atoms with Crippen molar-refractivity contribution < 1.29 is 19.4 Å². The lowest BCUT2D eigenvalue weighted by Gasteiger charge is -2.14. The highest BCUT2D eigenvalue weighted by Gasteiger charge is 2.19. The third-order valence-electron chi connectivity index (χ3n) is 4.79. The van der Waals surface area contributed by atoms with Crippen molar-refractivity contribution in [3.63, 3.8) is 0 Å². The smallest absolute Gasteiger partial charge is 0.240 e. The van der Waals surface area contributed by atoms with Crippen molar-refractivity contribution in [3.05, 3.63) is 36.2 Å². The predicted octanol–water partition coefficient (Wildman–Crippen LogP) is 2.17. The van der Waals surface area contributed by atoms with Gasteiger partial charge in [-0.2, -0.15) is 0 Å². The molecule has 3 N–H and O–H groups in total. The Labute approximate surface area is 174 Å². The Morgan fingerprint density at radius 3 is 2.62 bits per heavy atom. The van der Waals surface area contributed by atoms with E-state index in [4.69, 9.17) is 4.74 Å². The van der Waals surface area contributed by atoms with Gasteiger partial charge < -0.3 is 25.0 Å². The Morgan fingerprint density at radius 2 is 1.97 bits per heavy atom. The first-order valence-corrected chi connectivity index (χ1v) is 10.6. The monoisotopic (exact) mass is 418 g/mol. The van der Waals surface area contributed by atoms with E-state index >= 15 is 0 Å². The lowest BCUT2D eigenvalue weighted by Crippen LogP contribution is -2.35. The van der Waals surface area contributed by atoms with Crippen LogP contribution in [0.2, 0.25) is 0 Å². The van der Waals surface area contributed by atoms with Gasteiger partial charge in [0.25, 0.3) is 0 Å². The molecule has 0 bridgehead atoms. The number of imidazole rings is 1. The van der Waals surface area contributed by atoms with Crippen molar-refractivity contribution in [2.24, 2.45) is 0 Å². The molecule has 0 unspecified atom stereocenters. The van der Waals surface area contributed by atoms with Crippen LogP contribution in [0.3, 0.4) is 0 Å². The fraction of sp³-hybridized carbons (Fsp3) is 0.450. The maximum absolute atomic E-state index is 12.4. The number of amides is 2. The van der Waals surface area contributed by atoms with Crippen LogP contribution in [0.1, 0.15) is 31.4 Å². The molecule has 3 rings (SSSR count). The van der Waals surface area contributed by atoms with E-state index in [2.05, 4.69) is 15.6 Å². The molecule has 1 aromatic heterocycles. The SMILES string of the molecule is COc1ccc(NC(=O)CSc2ncc(CO)n2CC(=O)NC2CCCC2)cc1. The van der Waals surface area contributed by atoms with Crippen molar-refractivity contribution in [1.29, 1.82) is 0 Å². The van der Waals surface area contributed by atoms with E-state index < -0.39 is 0 Å². The van der Waals surface area contributed by atoms with E-state index in [0.717, 1.165) is 25.7 Å². The number of carbonyl (C=O) groups excluding carboxylic acids is 2. The highest BCUT2D eigenvalue weighted by molar-refractivity contribution is 7.99. The van der Waals surface area contributed by atoms with Crippen molar-refractivity contribution in [3.8, 4) is 5.75 Å². The number of nitrogens with one attached hydrogen (secondary N) is 2. The second-order valence-electron chi connectivity index (χ2n) is 6.89. The quantitative estimate of drug-likeness (QED) is 0.539. The number of nitrogens with zero attached hydrogens (tertiary/aromatic N) is 2. The average Bonchev–Trinajstić information content (AvgIpc) is 3.36. The molecule has 156 valence electrons. The van der Waals surface area contributed by atoms with Crippen LogP contribution in [0, 0.1) is 0 Å². The number of carbonyl (C=O) groups is 2. The van der Waals surface area contributed by atoms with Gasteiger partial charge in [0.2, 0.25) is 11.8 Å². The van der Waals surface area contributed by atoms with E-state index in [1.165, 1.54) is 18.0 Å². The second-order valence-corrected chi connectivity index (χ2v) is 7.83. The van der Waals surface area contributed by atoms with Crippen LogP contribution in [0.4, 0.5) is 5.69 Å². The Balaban J connectivity index is 1.56. The standard InChI is InChI=1S/C20H26N4O4S/c1-28-17-8-6-15(7-9-17)23-19(27)13-29-20-21-10-16(12-25)24(20)11-18(26)22-14-4-2-3-5-14/h6-10,14,25H,2-5,11-13H2,1H3,(H,22,26)(H,23,27). The molecular weight excluding hydrogens is 392 g/mol. The molecular formula is C20H26N4O4S. The molecule has 1 aromatic carbocycles. The minimum atomic E-state index is -0.220. The van der Waals surface area contributed by atoms with Gasteiger partial charge in [-0.05, 0) is 37.1 Å². The number of methoxy groups -OCH3 is 1. The van der Waals surface area contributed by atoms with Gasteiger partial charge in [0.15, 0.2) is 5.16 Å². The zero-order valence-corrected chi connectivity index (χ0v) is 17.2. The Morgan fingerprint density at radius 1 is 1.24 bits per heavy atom. The molecule has 0 radical (unpaired) electrons. The minimum absolute atomic E-state index is 0.0782. The third-order valence-corrected chi connectivity index (χ3v) is 5.78. The summed E-state index contributed by atoms with van der Waals surface area (Å²) < 4.78 is 6.76. The molecule has 2 aromatic rings. The molecule has 0 spiro atoms. The summed E-state index contributed by atoms with van der Waals surface area (Å²) in [4.78, 5) is 28.9. The van der Waals surface area contributed by atoms with Crippen molar-refractivity contribution in [1.82, 2.24) is 14.9 Å². The summed E-state index contributed by atoms with van der Waals surface area (Å²) in [5, 5.41) is 15.9. The highest BCUT2D eigenvalue weighted by atomic mass is 32.2. The van der Waals surface area contributed by atoms with Crippen LogP contribution in [-0.4, -0.2) is 45.4 Å². The van der Waals surface area contributed by atoms with E-state index in [1.807, 2.05) is 0 Å². The lowest BCUT2D eigenvalue weighted by molar-refractivity contribution is -0.122. The highest BCUT2D eigenvalue weighted by Crippen LogP contribution is 2.21. The van der Waals surface area contributed by atoms with Crippen molar-refractivity contribution in [2.45, 2.75) is 50.0 Å². The Kier molecular flexibility index (Phi) is 7.54. The van der Waals surface area contributed by atoms with Crippen LogP contribution >= 0.6 is 11.8 Å². The normalized spacial score (nSPS) is 14.0. The molecule has 1 heterocycles. The van der Waals surface area contributed by atoms with Gasteiger partial charge >= 0.3 is 0 Å². The molecule has 1 aliphatic carbocycles. The van der Waals surface area contributed by atoms with Gasteiger partial charge in [-0.25, -0.2) is 4.98 Å². The largest absolute Gasteiger partial charge is 0.497 e. The van der Waals surface area contributed by atoms with Crippen LogP contribution in [0.5, 0.6) is 5.75 Å². The molecule has 0 atom stereocenters. The molecule has 2 amide bonds. The summed E-state index contributed by atoms with van der Waals surface area (Å²) in [6.45, 7) is -0.142. The van der Waals surface area contributed by atoms with Crippen LogP contribution < -0.4 is 15.4 Å². The summed E-state index contributed by atoms with van der Waals surface area (Å²) in [5.74, 6) is 0.564. The molecule has 0 aliphatic heterocycles. The zero-order chi connectivity index (χ0) is 20.6. The van der Waals surface area contributed by atoms with Crippen molar-refractivity contribution in [2.75, 3.05) is 18.2 Å². The molecule has 8 nitrogen and oxygen atoms in total. The minimum Gasteiger partial charge on any atom is -0.497 e. The topological polar surface area (TPSA) is 105 Å². The third kappa shape index (κ3) is 5.98. The fourth-order valence-corrected chi connectivity index (χ4v) is 4.09. The molecule has 1 fully saturated rings. The summed E-state index contributed by atoms with van der Waals surface area (Å²) in [6.07, 6.45) is 5.84. The number of aliphatic hydroxyl groups is 1. The van der Waals surface area contributed by atoms with Gasteiger partial charge in [0.1, 0.15) is 12.3 Å². The Hall–Kier alpha value is -2.52. The summed E-state index contributed by atoms with van der Waals surface area (Å²) in [5.41, 5.74) is 1.22. The van der Waals surface area contributed by atoms with Crippen molar-refractivity contribution >= 4 is 29.3 Å². The number of rotatable bonds is 9. The van der Waals surface area contributed by atoms with E-state index in [9.17, 15) is 14.7 Å². The number of aromatic nitrogens is 2. The average molecular weight is 419 g/mol. The van der Waals surface area contributed by atoms with Crippen LogP contribution in [0.25, 0.3) is 0 Å². The molecule has 1 saturated carbocycles. The van der Waals surface area contributed by atoms with E-state index in [-0.39, 0.29) is 36.8 Å². The number of anilines is 1. The fourth-order valence-electron chi connectivity index (χ4n) is 3.29.